The highest BCUT2D eigenvalue weighted by molar-refractivity contribution is 7.16. The van der Waals surface area contributed by atoms with Crippen molar-refractivity contribution < 1.29 is 0 Å². The van der Waals surface area contributed by atoms with E-state index in [1.165, 1.54) is 16.9 Å². The van der Waals surface area contributed by atoms with E-state index in [4.69, 9.17) is 0 Å². The van der Waals surface area contributed by atoms with Gasteiger partial charge in [0.15, 0.2) is 5.00 Å². The summed E-state index contributed by atoms with van der Waals surface area (Å²) in [5.41, 5.74) is 4.24. The molecule has 0 aliphatic carbocycles. The van der Waals surface area contributed by atoms with Crippen LogP contribution in [0.4, 0.5) is 10.7 Å². The van der Waals surface area contributed by atoms with Crippen LogP contribution in [-0.4, -0.2) is 4.98 Å². The maximum atomic E-state index is 9.50. The molecule has 0 saturated heterocycles. The van der Waals surface area contributed by atoms with Crippen LogP contribution in [-0.2, 0) is 0 Å². The van der Waals surface area contributed by atoms with E-state index in [1.54, 1.807) is 0 Å². The van der Waals surface area contributed by atoms with Gasteiger partial charge >= 0.3 is 0 Å². The van der Waals surface area contributed by atoms with Gasteiger partial charge in [0.25, 0.3) is 0 Å². The average Bonchev–Trinajstić information content (AvgIpc) is 3.01. The monoisotopic (exact) mass is 344 g/mol. The Morgan fingerprint density at radius 2 is 1.76 bits per heavy atom. The lowest BCUT2D eigenvalue weighted by atomic mass is 10.1. The first-order chi connectivity index (χ1) is 12.2. The molecule has 3 aromatic rings. The van der Waals surface area contributed by atoms with Gasteiger partial charge in [-0.05, 0) is 37.6 Å². The van der Waals surface area contributed by atoms with Gasteiger partial charge in [0.1, 0.15) is 11.1 Å². The van der Waals surface area contributed by atoms with Crippen LogP contribution in [0.1, 0.15) is 21.8 Å². The largest absolute Gasteiger partial charge is 0.238 e. The summed E-state index contributed by atoms with van der Waals surface area (Å²) in [5.74, 6) is 0. The van der Waals surface area contributed by atoms with Crippen molar-refractivity contribution in [3.63, 3.8) is 0 Å². The van der Waals surface area contributed by atoms with Crippen LogP contribution < -0.4 is 0 Å². The molecule has 0 N–H and O–H groups in total. The predicted octanol–water partition coefficient (Wildman–Crippen LogP) is 6.24. The Bertz CT molecular complexity index is 961. The lowest BCUT2D eigenvalue weighted by molar-refractivity contribution is 1.18. The topological polar surface area (TPSA) is 61.4 Å². The summed E-state index contributed by atoms with van der Waals surface area (Å²) in [5, 5.41) is 19.4. The van der Waals surface area contributed by atoms with Gasteiger partial charge in [0.05, 0.1) is 17.0 Å². The Hall–Kier alpha value is -3.10. The van der Waals surface area contributed by atoms with Crippen LogP contribution in [0.2, 0.25) is 0 Å². The minimum Gasteiger partial charge on any atom is -0.238 e. The van der Waals surface area contributed by atoms with Crippen LogP contribution in [0.25, 0.3) is 11.6 Å². The molecule has 0 bridgehead atoms. The van der Waals surface area contributed by atoms with Gasteiger partial charge in [-0.2, -0.15) is 5.26 Å². The number of benzene rings is 2. The van der Waals surface area contributed by atoms with E-state index >= 15 is 0 Å². The Morgan fingerprint density at radius 3 is 2.44 bits per heavy atom. The van der Waals surface area contributed by atoms with Gasteiger partial charge in [-0.25, -0.2) is 4.98 Å². The van der Waals surface area contributed by atoms with Gasteiger partial charge in [0, 0.05) is 0 Å². The summed E-state index contributed by atoms with van der Waals surface area (Å²) < 4.78 is 0. The van der Waals surface area contributed by atoms with Crippen LogP contribution in [0.15, 0.2) is 64.8 Å². The fourth-order valence-corrected chi connectivity index (χ4v) is 3.02. The quantitative estimate of drug-likeness (QED) is 0.415. The number of hydrogen-bond acceptors (Lipinski definition) is 5. The van der Waals surface area contributed by atoms with Crippen LogP contribution in [0.5, 0.6) is 0 Å². The van der Waals surface area contributed by atoms with Crippen molar-refractivity contribution in [3.05, 3.63) is 76.4 Å². The number of aryl methyl sites for hydroxylation is 2. The molecular weight excluding hydrogens is 328 g/mol. The van der Waals surface area contributed by atoms with E-state index in [1.807, 2.05) is 74.5 Å². The molecule has 2 aromatic carbocycles. The van der Waals surface area contributed by atoms with E-state index in [-0.39, 0.29) is 0 Å². The summed E-state index contributed by atoms with van der Waals surface area (Å²) in [6, 6.07) is 19.8. The van der Waals surface area contributed by atoms with Gasteiger partial charge in [-0.3, -0.25) is 0 Å². The van der Waals surface area contributed by atoms with E-state index in [2.05, 4.69) is 21.3 Å². The Kier molecular flexibility index (Phi) is 5.12. The van der Waals surface area contributed by atoms with E-state index in [0.717, 1.165) is 16.9 Å². The van der Waals surface area contributed by atoms with Crippen molar-refractivity contribution >= 4 is 33.7 Å². The smallest absolute Gasteiger partial charge is 0.162 e. The SMILES string of the molecule is Cc1ccc(/C=C(/C#N)c2nc(C)c(N=Nc3ccccc3)s2)cc1. The lowest BCUT2D eigenvalue weighted by Gasteiger charge is -1.96. The van der Waals surface area contributed by atoms with Crippen LogP contribution in [0, 0.1) is 25.2 Å². The predicted molar refractivity (Wildman–Crippen MR) is 102 cm³/mol. The molecule has 0 radical (unpaired) electrons. The van der Waals surface area contributed by atoms with Gasteiger partial charge in [-0.15, -0.1) is 10.2 Å². The molecular formula is C20H16N4S. The van der Waals surface area contributed by atoms with E-state index in [0.29, 0.717) is 15.6 Å². The Balaban J connectivity index is 1.88. The molecule has 0 amide bonds. The molecule has 1 heterocycles. The highest BCUT2D eigenvalue weighted by Gasteiger charge is 2.11. The molecule has 0 spiro atoms. The number of hydrogen-bond donors (Lipinski definition) is 0. The number of azo groups is 1. The first-order valence-electron chi connectivity index (χ1n) is 7.79. The molecule has 0 atom stereocenters. The van der Waals surface area contributed by atoms with Gasteiger partial charge < -0.3 is 0 Å². The van der Waals surface area contributed by atoms with Crippen molar-refractivity contribution in [1.29, 1.82) is 5.26 Å². The summed E-state index contributed by atoms with van der Waals surface area (Å²) in [6.45, 7) is 3.91. The molecule has 4 nitrogen and oxygen atoms in total. The number of nitriles is 1. The zero-order valence-corrected chi connectivity index (χ0v) is 14.8. The fraction of sp³-hybridized carbons (Fsp3) is 0.100. The number of rotatable bonds is 4. The van der Waals surface area contributed by atoms with Crippen molar-refractivity contribution in [2.24, 2.45) is 10.2 Å². The average molecular weight is 344 g/mol. The molecule has 0 aliphatic rings. The van der Waals surface area contributed by atoms with E-state index < -0.39 is 0 Å². The summed E-state index contributed by atoms with van der Waals surface area (Å²) in [6.07, 6.45) is 1.84. The van der Waals surface area contributed by atoms with Crippen molar-refractivity contribution in [2.75, 3.05) is 0 Å². The standard InChI is InChI=1S/C20H16N4S/c1-14-8-10-16(11-9-14)12-17(13-21)20-22-15(2)19(25-20)24-23-18-6-4-3-5-7-18/h3-12H,1-2H3/b17-12-,24-23?. The Labute approximate surface area is 150 Å². The number of nitrogens with zero attached hydrogens (tertiary/aromatic N) is 4. The molecule has 0 fully saturated rings. The zero-order chi connectivity index (χ0) is 17.6. The fourth-order valence-electron chi connectivity index (χ4n) is 2.17. The van der Waals surface area contributed by atoms with Crippen molar-refractivity contribution in [1.82, 2.24) is 4.98 Å². The third-order valence-electron chi connectivity index (χ3n) is 3.52. The number of allylic oxidation sites excluding steroid dienone is 1. The Morgan fingerprint density at radius 1 is 1.04 bits per heavy atom. The molecule has 3 rings (SSSR count). The lowest BCUT2D eigenvalue weighted by Crippen LogP contribution is -1.82. The maximum Gasteiger partial charge on any atom is 0.162 e. The molecule has 5 heteroatoms. The molecule has 122 valence electrons. The minimum atomic E-state index is 0.526. The second-order valence-corrected chi connectivity index (χ2v) is 6.50. The molecule has 1 aromatic heterocycles. The zero-order valence-electron chi connectivity index (χ0n) is 14.0. The normalized spacial score (nSPS) is 11.6. The highest BCUT2D eigenvalue weighted by Crippen LogP contribution is 2.33. The number of aromatic nitrogens is 1. The summed E-state index contributed by atoms with van der Waals surface area (Å²) >= 11 is 1.37. The van der Waals surface area contributed by atoms with Crippen molar-refractivity contribution in [3.8, 4) is 6.07 Å². The van der Waals surface area contributed by atoms with Crippen molar-refractivity contribution in [2.45, 2.75) is 13.8 Å². The second-order valence-electron chi connectivity index (χ2n) is 5.53. The minimum absolute atomic E-state index is 0.526. The first kappa shape index (κ1) is 16.7. The first-order valence-corrected chi connectivity index (χ1v) is 8.60. The summed E-state index contributed by atoms with van der Waals surface area (Å²) in [7, 11) is 0. The van der Waals surface area contributed by atoms with Gasteiger partial charge in [-0.1, -0.05) is 59.4 Å². The molecule has 0 aliphatic heterocycles. The van der Waals surface area contributed by atoms with E-state index in [9.17, 15) is 5.26 Å². The third-order valence-corrected chi connectivity index (χ3v) is 4.60. The second kappa shape index (κ2) is 7.65. The molecule has 25 heavy (non-hydrogen) atoms. The molecule has 0 unspecified atom stereocenters. The third kappa shape index (κ3) is 4.25. The number of thiazole rings is 1. The summed E-state index contributed by atoms with van der Waals surface area (Å²) in [4.78, 5) is 4.48. The highest BCUT2D eigenvalue weighted by atomic mass is 32.1. The van der Waals surface area contributed by atoms with Crippen LogP contribution >= 0.6 is 11.3 Å². The van der Waals surface area contributed by atoms with Crippen LogP contribution in [0.3, 0.4) is 0 Å². The van der Waals surface area contributed by atoms with Gasteiger partial charge in [0.2, 0.25) is 0 Å². The maximum absolute atomic E-state index is 9.50. The molecule has 0 saturated carbocycles.